The lowest BCUT2D eigenvalue weighted by Crippen LogP contribution is -2.30. The first-order chi connectivity index (χ1) is 9.47. The molecule has 112 valence electrons. The number of nitrogen functional groups attached to an aromatic ring is 1. The Morgan fingerprint density at radius 1 is 1.40 bits per heavy atom. The van der Waals surface area contributed by atoms with Crippen LogP contribution in [0.5, 0.6) is 0 Å². The summed E-state index contributed by atoms with van der Waals surface area (Å²) in [6.45, 7) is 7.24. The molecule has 1 atom stereocenters. The fourth-order valence-electron chi connectivity index (χ4n) is 1.77. The number of hydrogen-bond acceptors (Lipinski definition) is 5. The molecule has 0 bridgehead atoms. The molecule has 6 heteroatoms. The number of hydrogen-bond donors (Lipinski definition) is 3. The molecule has 20 heavy (non-hydrogen) atoms. The van der Waals surface area contributed by atoms with Gasteiger partial charge in [0.2, 0.25) is 0 Å². The first kappa shape index (κ1) is 16.4. The van der Waals surface area contributed by atoms with Crippen LogP contribution in [0.4, 0.5) is 5.82 Å². The van der Waals surface area contributed by atoms with Crippen molar-refractivity contribution in [2.45, 2.75) is 26.7 Å². The third kappa shape index (κ3) is 4.79. The number of anilines is 1. The van der Waals surface area contributed by atoms with Crippen LogP contribution in [0.3, 0.4) is 0 Å². The Morgan fingerprint density at radius 3 is 2.65 bits per heavy atom. The van der Waals surface area contributed by atoms with Crippen LogP contribution in [-0.4, -0.2) is 31.2 Å². The Kier molecular flexibility index (Phi) is 6.41. The molecule has 1 rings (SSSR count). The van der Waals surface area contributed by atoms with Crippen molar-refractivity contribution < 1.29 is 9.53 Å². The summed E-state index contributed by atoms with van der Waals surface area (Å²) in [6, 6.07) is 3.43. The van der Waals surface area contributed by atoms with E-state index in [0.717, 1.165) is 5.69 Å². The van der Waals surface area contributed by atoms with Gasteiger partial charge in [-0.25, -0.2) is 10.8 Å². The highest BCUT2D eigenvalue weighted by atomic mass is 16.5. The normalized spacial score (nSPS) is 12.3. The minimum atomic E-state index is -0.131. The van der Waals surface area contributed by atoms with E-state index < -0.39 is 0 Å². The van der Waals surface area contributed by atoms with E-state index >= 15 is 0 Å². The maximum absolute atomic E-state index is 12.1. The lowest BCUT2D eigenvalue weighted by Gasteiger charge is -2.13. The van der Waals surface area contributed by atoms with E-state index in [2.05, 4.69) is 15.7 Å². The first-order valence-electron chi connectivity index (χ1n) is 6.73. The van der Waals surface area contributed by atoms with Crippen molar-refractivity contribution in [2.75, 3.05) is 25.7 Å². The fourth-order valence-corrected chi connectivity index (χ4v) is 1.77. The van der Waals surface area contributed by atoms with E-state index in [-0.39, 0.29) is 17.7 Å². The average Bonchev–Trinajstić information content (AvgIpc) is 2.44. The number of carbonyl (C=O) groups is 1. The van der Waals surface area contributed by atoms with Gasteiger partial charge in [-0.15, -0.1) is 0 Å². The predicted octanol–water partition coefficient (Wildman–Crippen LogP) is 1.50. The lowest BCUT2D eigenvalue weighted by atomic mass is 10.1. The zero-order valence-electron chi connectivity index (χ0n) is 12.6. The number of amides is 1. The molecule has 0 aliphatic carbocycles. The van der Waals surface area contributed by atoms with Gasteiger partial charge in [-0.3, -0.25) is 4.79 Å². The van der Waals surface area contributed by atoms with Crippen molar-refractivity contribution >= 4 is 11.7 Å². The molecule has 1 heterocycles. The summed E-state index contributed by atoms with van der Waals surface area (Å²) >= 11 is 0. The van der Waals surface area contributed by atoms with Crippen molar-refractivity contribution in [2.24, 2.45) is 11.8 Å². The summed E-state index contributed by atoms with van der Waals surface area (Å²) in [6.07, 6.45) is 0. The standard InChI is InChI=1S/C14H24N4O2/c1-9(2)12-5-11(6-13(17-12)18-15)14(19)16-7-10(3)8-20-4/h5-6,9-10H,7-8,15H2,1-4H3,(H,16,19)(H,17,18). The molecule has 0 saturated carbocycles. The largest absolute Gasteiger partial charge is 0.384 e. The molecule has 0 saturated heterocycles. The van der Waals surface area contributed by atoms with E-state index in [1.807, 2.05) is 20.8 Å². The molecule has 1 amide bonds. The van der Waals surface area contributed by atoms with Crippen LogP contribution in [0.15, 0.2) is 12.1 Å². The van der Waals surface area contributed by atoms with Gasteiger partial charge in [-0.2, -0.15) is 0 Å². The Bertz CT molecular complexity index is 449. The predicted molar refractivity (Wildman–Crippen MR) is 79.5 cm³/mol. The number of hydrazine groups is 1. The number of pyridine rings is 1. The Hall–Kier alpha value is -1.66. The number of aromatic nitrogens is 1. The van der Waals surface area contributed by atoms with Gasteiger partial charge in [-0.05, 0) is 24.0 Å². The smallest absolute Gasteiger partial charge is 0.251 e. The molecular formula is C14H24N4O2. The van der Waals surface area contributed by atoms with E-state index in [0.29, 0.717) is 24.5 Å². The molecule has 0 aromatic carbocycles. The summed E-state index contributed by atoms with van der Waals surface area (Å²) in [7, 11) is 1.65. The molecule has 0 radical (unpaired) electrons. The molecule has 0 fully saturated rings. The number of ether oxygens (including phenoxy) is 1. The molecule has 6 nitrogen and oxygen atoms in total. The monoisotopic (exact) mass is 280 g/mol. The van der Waals surface area contributed by atoms with Gasteiger partial charge in [0, 0.05) is 24.9 Å². The molecule has 1 aromatic rings. The van der Waals surface area contributed by atoms with Crippen LogP contribution < -0.4 is 16.6 Å². The molecule has 0 aliphatic heterocycles. The molecule has 0 spiro atoms. The summed E-state index contributed by atoms with van der Waals surface area (Å²) in [5, 5.41) is 2.89. The van der Waals surface area contributed by atoms with E-state index in [1.165, 1.54) is 0 Å². The van der Waals surface area contributed by atoms with Crippen LogP contribution >= 0.6 is 0 Å². The maximum Gasteiger partial charge on any atom is 0.251 e. The summed E-state index contributed by atoms with van der Waals surface area (Å²) in [5.74, 6) is 6.24. The van der Waals surface area contributed by atoms with Crippen molar-refractivity contribution in [3.63, 3.8) is 0 Å². The SMILES string of the molecule is COCC(C)CNC(=O)c1cc(NN)nc(C(C)C)c1. The second kappa shape index (κ2) is 7.81. The van der Waals surface area contributed by atoms with E-state index in [9.17, 15) is 4.79 Å². The topological polar surface area (TPSA) is 89.3 Å². The second-order valence-electron chi connectivity index (χ2n) is 5.24. The molecule has 0 aliphatic rings. The Morgan fingerprint density at radius 2 is 2.10 bits per heavy atom. The molecule has 1 unspecified atom stereocenters. The van der Waals surface area contributed by atoms with Crippen molar-refractivity contribution in [1.82, 2.24) is 10.3 Å². The zero-order valence-corrected chi connectivity index (χ0v) is 12.6. The number of rotatable bonds is 7. The van der Waals surface area contributed by atoms with Crippen molar-refractivity contribution in [3.8, 4) is 0 Å². The maximum atomic E-state index is 12.1. The highest BCUT2D eigenvalue weighted by molar-refractivity contribution is 5.95. The summed E-state index contributed by atoms with van der Waals surface area (Å²) < 4.78 is 5.04. The summed E-state index contributed by atoms with van der Waals surface area (Å²) in [5.41, 5.74) is 3.88. The third-order valence-corrected chi connectivity index (χ3v) is 2.91. The van der Waals surface area contributed by atoms with E-state index in [4.69, 9.17) is 10.6 Å². The third-order valence-electron chi connectivity index (χ3n) is 2.91. The van der Waals surface area contributed by atoms with Crippen LogP contribution in [0.1, 0.15) is 42.7 Å². The van der Waals surface area contributed by atoms with E-state index in [1.54, 1.807) is 19.2 Å². The second-order valence-corrected chi connectivity index (χ2v) is 5.24. The van der Waals surface area contributed by atoms with Crippen LogP contribution in [-0.2, 0) is 4.74 Å². The number of nitrogens with one attached hydrogen (secondary N) is 2. The highest BCUT2D eigenvalue weighted by Gasteiger charge is 2.12. The Labute approximate surface area is 120 Å². The quantitative estimate of drug-likeness (QED) is 0.520. The number of carbonyl (C=O) groups excluding carboxylic acids is 1. The summed E-state index contributed by atoms with van der Waals surface area (Å²) in [4.78, 5) is 16.5. The fraction of sp³-hybridized carbons (Fsp3) is 0.571. The number of methoxy groups -OCH3 is 1. The van der Waals surface area contributed by atoms with Gasteiger partial charge in [0.1, 0.15) is 5.82 Å². The van der Waals surface area contributed by atoms with Gasteiger partial charge in [0.05, 0.1) is 6.61 Å². The number of nitrogens with zero attached hydrogens (tertiary/aromatic N) is 1. The van der Waals surface area contributed by atoms with Crippen molar-refractivity contribution in [1.29, 1.82) is 0 Å². The first-order valence-corrected chi connectivity index (χ1v) is 6.73. The molecule has 4 N–H and O–H groups in total. The number of nitrogens with two attached hydrogens (primary N) is 1. The lowest BCUT2D eigenvalue weighted by molar-refractivity contribution is 0.0934. The highest BCUT2D eigenvalue weighted by Crippen LogP contribution is 2.17. The molecular weight excluding hydrogens is 256 g/mol. The van der Waals surface area contributed by atoms with Gasteiger partial charge in [-0.1, -0.05) is 20.8 Å². The minimum absolute atomic E-state index is 0.131. The molecule has 1 aromatic heterocycles. The average molecular weight is 280 g/mol. The van der Waals surface area contributed by atoms with Crippen LogP contribution in [0.25, 0.3) is 0 Å². The van der Waals surface area contributed by atoms with Crippen LogP contribution in [0.2, 0.25) is 0 Å². The van der Waals surface area contributed by atoms with Gasteiger partial charge < -0.3 is 15.5 Å². The van der Waals surface area contributed by atoms with Gasteiger partial charge in [0.15, 0.2) is 0 Å². The van der Waals surface area contributed by atoms with Crippen molar-refractivity contribution in [3.05, 3.63) is 23.4 Å². The zero-order chi connectivity index (χ0) is 15.1. The van der Waals surface area contributed by atoms with Gasteiger partial charge >= 0.3 is 0 Å². The minimum Gasteiger partial charge on any atom is -0.384 e. The Balaban J connectivity index is 2.79. The van der Waals surface area contributed by atoms with Gasteiger partial charge in [0.25, 0.3) is 5.91 Å². The van der Waals surface area contributed by atoms with Crippen LogP contribution in [0, 0.1) is 5.92 Å².